The molecular formula is C15H9O3. The third-order valence-electron chi connectivity index (χ3n) is 3.00. The molecule has 0 fully saturated rings. The highest BCUT2D eigenvalue weighted by molar-refractivity contribution is 5.81. The maximum atomic E-state index is 5.75. The van der Waals surface area contributed by atoms with E-state index in [-0.39, 0.29) is 0 Å². The number of para-hydroxylation sites is 3. The van der Waals surface area contributed by atoms with Crippen LogP contribution in [0.1, 0.15) is 11.9 Å². The summed E-state index contributed by atoms with van der Waals surface area (Å²) >= 11 is 0. The van der Waals surface area contributed by atoms with E-state index < -0.39 is 6.29 Å². The Morgan fingerprint density at radius 3 is 2.28 bits per heavy atom. The standard InChI is InChI=1S/C15H9O3/c1-2-6-12-10(5-1)11(9-16-12)15-17-13-7-3-4-8-14(13)18-15/h1-8,15H. The van der Waals surface area contributed by atoms with Gasteiger partial charge in [0.2, 0.25) is 0 Å². The third kappa shape index (κ3) is 1.31. The van der Waals surface area contributed by atoms with Crippen molar-refractivity contribution in [1.29, 1.82) is 0 Å². The molecule has 18 heavy (non-hydrogen) atoms. The predicted octanol–water partition coefficient (Wildman–Crippen LogP) is 3.70. The van der Waals surface area contributed by atoms with Crippen LogP contribution in [0.25, 0.3) is 11.0 Å². The Morgan fingerprint density at radius 2 is 1.50 bits per heavy atom. The summed E-state index contributed by atoms with van der Waals surface area (Å²) in [6.45, 7) is 0. The molecule has 2 heterocycles. The van der Waals surface area contributed by atoms with Gasteiger partial charge in [0.05, 0.1) is 5.56 Å². The molecule has 0 unspecified atom stereocenters. The number of rotatable bonds is 1. The molecule has 1 aliphatic rings. The zero-order chi connectivity index (χ0) is 11.9. The SMILES string of the molecule is [c]1oc2ccccc2c1C1Oc2ccccc2O1. The van der Waals surface area contributed by atoms with Crippen molar-refractivity contribution in [1.82, 2.24) is 0 Å². The normalized spacial score (nSPS) is 14.2. The topological polar surface area (TPSA) is 31.6 Å². The lowest BCUT2D eigenvalue weighted by Gasteiger charge is -2.07. The maximum absolute atomic E-state index is 5.75. The molecule has 3 nitrogen and oxygen atoms in total. The van der Waals surface area contributed by atoms with E-state index in [0.717, 1.165) is 28.0 Å². The lowest BCUT2D eigenvalue weighted by Crippen LogP contribution is -2.07. The van der Waals surface area contributed by atoms with Crippen LogP contribution in [0.3, 0.4) is 0 Å². The smallest absolute Gasteiger partial charge is 0.272 e. The Balaban J connectivity index is 1.78. The lowest BCUT2D eigenvalue weighted by molar-refractivity contribution is 0.0490. The number of fused-ring (bicyclic) bond motifs is 2. The van der Waals surface area contributed by atoms with Crippen LogP contribution >= 0.6 is 0 Å². The van der Waals surface area contributed by atoms with Gasteiger partial charge in [-0.1, -0.05) is 30.3 Å². The van der Waals surface area contributed by atoms with Crippen molar-refractivity contribution in [2.45, 2.75) is 6.29 Å². The van der Waals surface area contributed by atoms with Crippen molar-refractivity contribution < 1.29 is 13.9 Å². The molecule has 4 rings (SSSR count). The van der Waals surface area contributed by atoms with Gasteiger partial charge < -0.3 is 13.9 Å². The van der Waals surface area contributed by atoms with Gasteiger partial charge in [-0.3, -0.25) is 0 Å². The summed E-state index contributed by atoms with van der Waals surface area (Å²) < 4.78 is 16.9. The molecule has 1 radical (unpaired) electrons. The summed E-state index contributed by atoms with van der Waals surface area (Å²) in [5, 5.41) is 0.968. The first-order valence-corrected chi connectivity index (χ1v) is 5.73. The second kappa shape index (κ2) is 3.53. The summed E-state index contributed by atoms with van der Waals surface area (Å²) in [5.74, 6) is 1.50. The summed E-state index contributed by atoms with van der Waals surface area (Å²) in [5.41, 5.74) is 1.58. The van der Waals surface area contributed by atoms with Crippen molar-refractivity contribution in [3.63, 3.8) is 0 Å². The number of benzene rings is 2. The highest BCUT2D eigenvalue weighted by atomic mass is 16.7. The molecule has 0 saturated carbocycles. The average molecular weight is 237 g/mol. The largest absolute Gasteiger partial charge is 0.452 e. The quantitative estimate of drug-likeness (QED) is 0.646. The number of furan rings is 1. The van der Waals surface area contributed by atoms with E-state index in [0.29, 0.717) is 0 Å². The van der Waals surface area contributed by atoms with E-state index in [1.54, 1.807) is 0 Å². The Hall–Kier alpha value is -2.42. The van der Waals surface area contributed by atoms with Crippen LogP contribution in [0.15, 0.2) is 52.9 Å². The third-order valence-corrected chi connectivity index (χ3v) is 3.00. The van der Waals surface area contributed by atoms with Gasteiger partial charge >= 0.3 is 0 Å². The fraction of sp³-hybridized carbons (Fsp3) is 0.0667. The van der Waals surface area contributed by atoms with Crippen LogP contribution in [0.5, 0.6) is 11.5 Å². The molecule has 1 aromatic heterocycles. The van der Waals surface area contributed by atoms with Crippen molar-refractivity contribution in [2.24, 2.45) is 0 Å². The summed E-state index contributed by atoms with van der Waals surface area (Å²) in [4.78, 5) is 0. The van der Waals surface area contributed by atoms with Gasteiger partial charge in [0, 0.05) is 5.39 Å². The van der Waals surface area contributed by atoms with E-state index in [1.807, 2.05) is 48.5 Å². The van der Waals surface area contributed by atoms with Crippen LogP contribution in [0.2, 0.25) is 0 Å². The van der Waals surface area contributed by atoms with Gasteiger partial charge in [-0.25, -0.2) is 0 Å². The van der Waals surface area contributed by atoms with Gasteiger partial charge in [-0.05, 0) is 18.2 Å². The van der Waals surface area contributed by atoms with E-state index in [1.165, 1.54) is 0 Å². The molecule has 2 aromatic carbocycles. The lowest BCUT2D eigenvalue weighted by atomic mass is 10.2. The van der Waals surface area contributed by atoms with E-state index >= 15 is 0 Å². The zero-order valence-electron chi connectivity index (χ0n) is 9.42. The van der Waals surface area contributed by atoms with Gasteiger partial charge in [-0.15, -0.1) is 0 Å². The van der Waals surface area contributed by atoms with Gasteiger partial charge in [0.25, 0.3) is 6.29 Å². The molecule has 3 aromatic rings. The highest BCUT2D eigenvalue weighted by Gasteiger charge is 2.28. The Bertz CT molecular complexity index is 689. The predicted molar refractivity (Wildman–Crippen MR) is 65.5 cm³/mol. The zero-order valence-corrected chi connectivity index (χ0v) is 9.42. The van der Waals surface area contributed by atoms with Crippen LogP contribution in [-0.2, 0) is 0 Å². The first-order valence-electron chi connectivity index (χ1n) is 5.73. The average Bonchev–Trinajstić information content (AvgIpc) is 3.02. The molecule has 0 spiro atoms. The molecule has 0 N–H and O–H groups in total. The summed E-state index contributed by atoms with van der Waals surface area (Å²) in [6.07, 6.45) is 2.38. The molecule has 87 valence electrons. The Labute approximate surface area is 104 Å². The van der Waals surface area contributed by atoms with Crippen molar-refractivity contribution in [2.75, 3.05) is 0 Å². The minimum Gasteiger partial charge on any atom is -0.452 e. The number of hydrogen-bond acceptors (Lipinski definition) is 3. The first-order chi connectivity index (χ1) is 8.92. The molecule has 1 aliphatic heterocycles. The van der Waals surface area contributed by atoms with Crippen molar-refractivity contribution in [3.8, 4) is 11.5 Å². The first kappa shape index (κ1) is 9.59. The van der Waals surface area contributed by atoms with E-state index in [9.17, 15) is 0 Å². The molecule has 0 aliphatic carbocycles. The minimum atomic E-state index is -0.481. The Morgan fingerprint density at radius 1 is 0.833 bits per heavy atom. The van der Waals surface area contributed by atoms with Crippen LogP contribution in [0.4, 0.5) is 0 Å². The van der Waals surface area contributed by atoms with Crippen molar-refractivity contribution >= 4 is 11.0 Å². The number of hydrogen-bond donors (Lipinski definition) is 0. The van der Waals surface area contributed by atoms with Crippen molar-refractivity contribution in [3.05, 3.63) is 60.4 Å². The number of ether oxygens (including phenoxy) is 2. The van der Waals surface area contributed by atoms with E-state index in [4.69, 9.17) is 13.9 Å². The fourth-order valence-corrected chi connectivity index (χ4v) is 2.14. The van der Waals surface area contributed by atoms with Gasteiger partial charge in [0.15, 0.2) is 17.8 Å². The molecular weight excluding hydrogens is 228 g/mol. The van der Waals surface area contributed by atoms with Gasteiger partial charge in [-0.2, -0.15) is 0 Å². The second-order valence-corrected chi connectivity index (χ2v) is 4.13. The molecule has 0 saturated heterocycles. The van der Waals surface area contributed by atoms with E-state index in [2.05, 4.69) is 6.26 Å². The molecule has 0 amide bonds. The Kier molecular flexibility index (Phi) is 1.88. The van der Waals surface area contributed by atoms with Crippen LogP contribution in [-0.4, -0.2) is 0 Å². The monoisotopic (exact) mass is 237 g/mol. The summed E-state index contributed by atoms with van der Waals surface area (Å²) in [7, 11) is 0. The van der Waals surface area contributed by atoms with Gasteiger partial charge in [0.1, 0.15) is 5.58 Å². The van der Waals surface area contributed by atoms with Crippen LogP contribution in [0, 0.1) is 6.26 Å². The van der Waals surface area contributed by atoms with Crippen LogP contribution < -0.4 is 9.47 Å². The maximum Gasteiger partial charge on any atom is 0.272 e. The fourth-order valence-electron chi connectivity index (χ4n) is 2.14. The molecule has 3 heteroatoms. The minimum absolute atomic E-state index is 0.481. The second-order valence-electron chi connectivity index (χ2n) is 4.13. The molecule has 0 atom stereocenters. The highest BCUT2D eigenvalue weighted by Crippen LogP contribution is 2.41. The summed E-state index contributed by atoms with van der Waals surface area (Å²) in [6, 6.07) is 15.4. The molecule has 0 bridgehead atoms.